The van der Waals surface area contributed by atoms with E-state index in [9.17, 15) is 9.59 Å². The van der Waals surface area contributed by atoms with Crippen molar-refractivity contribution < 1.29 is 4.79 Å². The van der Waals surface area contributed by atoms with E-state index in [0.717, 1.165) is 5.56 Å². The van der Waals surface area contributed by atoms with Gasteiger partial charge >= 0.3 is 5.69 Å². The van der Waals surface area contributed by atoms with Gasteiger partial charge < -0.3 is 0 Å². The van der Waals surface area contributed by atoms with Crippen LogP contribution in [0, 0.1) is 0 Å². The predicted octanol–water partition coefficient (Wildman–Crippen LogP) is 3.38. The third-order valence-corrected chi connectivity index (χ3v) is 4.37. The Labute approximate surface area is 155 Å². The maximum absolute atomic E-state index is 12.5. The number of aromatic amines is 1. The molecule has 132 valence electrons. The molecule has 5 nitrogen and oxygen atoms in total. The van der Waals surface area contributed by atoms with Gasteiger partial charge in [0.15, 0.2) is 5.78 Å². The first-order chi connectivity index (χ1) is 13.2. The minimum absolute atomic E-state index is 0.0498. The highest BCUT2D eigenvalue weighted by Gasteiger charge is 2.13. The highest BCUT2D eigenvalue weighted by atomic mass is 16.1. The number of rotatable bonds is 5. The number of carbonyl (C=O) groups excluding carboxylic acids is 1. The largest absolute Gasteiger partial charge is 0.347 e. The molecule has 0 unspecified atom stereocenters. The van der Waals surface area contributed by atoms with Crippen molar-refractivity contribution in [1.29, 1.82) is 0 Å². The van der Waals surface area contributed by atoms with Crippen molar-refractivity contribution in [3.05, 3.63) is 118 Å². The molecular weight excluding hydrogens is 338 g/mol. The Balaban J connectivity index is 1.64. The number of ketones is 1. The molecule has 1 aromatic heterocycles. The Morgan fingerprint density at radius 2 is 1.41 bits per heavy atom. The summed E-state index contributed by atoms with van der Waals surface area (Å²) >= 11 is 0. The topological polar surface area (TPSA) is 67.8 Å². The lowest BCUT2D eigenvalue weighted by Crippen LogP contribution is -2.17. The molecule has 0 spiro atoms. The molecule has 5 heteroatoms. The van der Waals surface area contributed by atoms with Crippen LogP contribution in [0.2, 0.25) is 0 Å². The van der Waals surface area contributed by atoms with Gasteiger partial charge in [-0.05, 0) is 29.8 Å². The lowest BCUT2D eigenvalue weighted by Gasteiger charge is -2.07. The lowest BCUT2D eigenvalue weighted by molar-refractivity contribution is 0.103. The molecule has 4 aromatic rings. The molecule has 3 aromatic carbocycles. The normalized spacial score (nSPS) is 10.7. The molecule has 1 heterocycles. The van der Waals surface area contributed by atoms with Gasteiger partial charge in [-0.1, -0.05) is 60.7 Å². The van der Waals surface area contributed by atoms with E-state index in [1.807, 2.05) is 48.5 Å². The number of aromatic nitrogens is 3. The minimum Gasteiger partial charge on any atom is -0.289 e. The summed E-state index contributed by atoms with van der Waals surface area (Å²) < 4.78 is 1.53. The van der Waals surface area contributed by atoms with E-state index in [2.05, 4.69) is 10.2 Å². The van der Waals surface area contributed by atoms with E-state index >= 15 is 0 Å². The Hall–Kier alpha value is -3.73. The number of hydrogen-bond acceptors (Lipinski definition) is 3. The molecule has 4 rings (SSSR count). The van der Waals surface area contributed by atoms with Gasteiger partial charge in [-0.3, -0.25) is 4.79 Å². The molecule has 0 radical (unpaired) electrons. The number of hydrogen-bond donors (Lipinski definition) is 1. The summed E-state index contributed by atoms with van der Waals surface area (Å²) in [6.45, 7) is 0. The van der Waals surface area contributed by atoms with Crippen molar-refractivity contribution in [3.8, 4) is 5.69 Å². The van der Waals surface area contributed by atoms with Crippen molar-refractivity contribution >= 4 is 5.78 Å². The van der Waals surface area contributed by atoms with Crippen LogP contribution < -0.4 is 5.69 Å². The van der Waals surface area contributed by atoms with Gasteiger partial charge in [-0.15, -0.1) is 0 Å². The second kappa shape index (κ2) is 7.25. The molecule has 0 atom stereocenters. The third kappa shape index (κ3) is 3.48. The van der Waals surface area contributed by atoms with Gasteiger partial charge in [0.2, 0.25) is 0 Å². The summed E-state index contributed by atoms with van der Waals surface area (Å²) in [7, 11) is 0. The second-order valence-electron chi connectivity index (χ2n) is 6.18. The monoisotopic (exact) mass is 355 g/mol. The fraction of sp³-hybridized carbons (Fsp3) is 0.0455. The van der Waals surface area contributed by atoms with Crippen molar-refractivity contribution in [2.75, 3.05) is 0 Å². The molecule has 0 aliphatic heterocycles. The highest BCUT2D eigenvalue weighted by Crippen LogP contribution is 2.15. The maximum atomic E-state index is 12.5. The van der Waals surface area contributed by atoms with Crippen LogP contribution >= 0.6 is 0 Å². The van der Waals surface area contributed by atoms with Gasteiger partial charge in [0.25, 0.3) is 0 Å². The first-order valence-corrected chi connectivity index (χ1v) is 8.63. The first kappa shape index (κ1) is 16.7. The molecular formula is C22H17N3O2. The van der Waals surface area contributed by atoms with E-state index in [4.69, 9.17) is 0 Å². The molecule has 0 saturated heterocycles. The highest BCUT2D eigenvalue weighted by molar-refractivity contribution is 6.09. The summed E-state index contributed by atoms with van der Waals surface area (Å²) in [5, 5.41) is 6.66. The molecule has 27 heavy (non-hydrogen) atoms. The zero-order valence-corrected chi connectivity index (χ0v) is 14.5. The van der Waals surface area contributed by atoms with Crippen LogP contribution in [-0.2, 0) is 6.42 Å². The molecule has 1 N–H and O–H groups in total. The Kier molecular flexibility index (Phi) is 4.49. The summed E-state index contributed by atoms with van der Waals surface area (Å²) in [4.78, 5) is 24.8. The summed E-state index contributed by atoms with van der Waals surface area (Å²) in [5.74, 6) is 0.569. The number of H-pyrrole nitrogens is 1. The van der Waals surface area contributed by atoms with Crippen molar-refractivity contribution in [2.45, 2.75) is 6.42 Å². The van der Waals surface area contributed by atoms with Crippen molar-refractivity contribution in [3.63, 3.8) is 0 Å². The standard InChI is InChI=1S/C22H17N3O2/c26-21(17-9-5-2-6-10-17)18-11-13-19(14-12-18)25-20(23-24-22(25)27)15-16-7-3-1-4-8-16/h1-14H,15H2,(H,24,27). The van der Waals surface area contributed by atoms with Crippen LogP contribution in [0.4, 0.5) is 0 Å². The molecule has 0 amide bonds. The third-order valence-electron chi connectivity index (χ3n) is 4.37. The summed E-state index contributed by atoms with van der Waals surface area (Å²) in [6, 6.07) is 26.0. The Bertz CT molecular complexity index is 1110. The summed E-state index contributed by atoms with van der Waals surface area (Å²) in [5.41, 5.74) is 2.64. The molecule has 0 aliphatic rings. The Morgan fingerprint density at radius 3 is 2.07 bits per heavy atom. The van der Waals surface area contributed by atoms with Gasteiger partial charge in [0.05, 0.1) is 5.69 Å². The maximum Gasteiger partial charge on any atom is 0.347 e. The average Bonchev–Trinajstić information content (AvgIpc) is 3.09. The predicted molar refractivity (Wildman–Crippen MR) is 103 cm³/mol. The Morgan fingerprint density at radius 1 is 0.815 bits per heavy atom. The zero-order valence-electron chi connectivity index (χ0n) is 14.5. The van der Waals surface area contributed by atoms with Gasteiger partial charge in [-0.25, -0.2) is 14.5 Å². The number of nitrogens with one attached hydrogen (secondary N) is 1. The molecule has 0 fully saturated rings. The van der Waals surface area contributed by atoms with Gasteiger partial charge in [0, 0.05) is 17.5 Å². The molecule has 0 aliphatic carbocycles. The van der Waals surface area contributed by atoms with E-state index in [1.165, 1.54) is 4.57 Å². The van der Waals surface area contributed by atoms with E-state index < -0.39 is 0 Å². The average molecular weight is 355 g/mol. The smallest absolute Gasteiger partial charge is 0.289 e. The molecule has 0 bridgehead atoms. The number of carbonyl (C=O) groups is 1. The van der Waals surface area contributed by atoms with E-state index in [-0.39, 0.29) is 11.5 Å². The van der Waals surface area contributed by atoms with Gasteiger partial charge in [-0.2, -0.15) is 5.10 Å². The second-order valence-corrected chi connectivity index (χ2v) is 6.18. The van der Waals surface area contributed by atoms with Crippen molar-refractivity contribution in [2.24, 2.45) is 0 Å². The fourth-order valence-corrected chi connectivity index (χ4v) is 3.01. The zero-order chi connectivity index (χ0) is 18.6. The van der Waals surface area contributed by atoms with Gasteiger partial charge in [0.1, 0.15) is 5.82 Å². The fourth-order valence-electron chi connectivity index (χ4n) is 3.01. The van der Waals surface area contributed by atoms with E-state index in [1.54, 1.807) is 36.4 Å². The van der Waals surface area contributed by atoms with Crippen LogP contribution in [0.5, 0.6) is 0 Å². The molecule has 0 saturated carbocycles. The van der Waals surface area contributed by atoms with Crippen LogP contribution in [0.25, 0.3) is 5.69 Å². The quantitative estimate of drug-likeness (QED) is 0.558. The van der Waals surface area contributed by atoms with Crippen LogP contribution in [0.3, 0.4) is 0 Å². The number of nitrogens with zero attached hydrogens (tertiary/aromatic N) is 2. The van der Waals surface area contributed by atoms with E-state index in [0.29, 0.717) is 29.1 Å². The minimum atomic E-state index is -0.303. The summed E-state index contributed by atoms with van der Waals surface area (Å²) in [6.07, 6.45) is 0.532. The van der Waals surface area contributed by atoms with Crippen LogP contribution in [0.15, 0.2) is 89.7 Å². The number of benzene rings is 3. The van der Waals surface area contributed by atoms with Crippen molar-refractivity contribution in [1.82, 2.24) is 14.8 Å². The van der Waals surface area contributed by atoms with Crippen LogP contribution in [-0.4, -0.2) is 20.5 Å². The lowest BCUT2D eigenvalue weighted by atomic mass is 10.0. The van der Waals surface area contributed by atoms with Crippen LogP contribution in [0.1, 0.15) is 27.3 Å². The first-order valence-electron chi connectivity index (χ1n) is 8.63. The SMILES string of the molecule is O=C(c1ccccc1)c1ccc(-n2c(Cc3ccccc3)n[nH]c2=O)cc1.